The molecule has 0 radical (unpaired) electrons. The molecule has 0 atom stereocenters. The first-order chi connectivity index (χ1) is 11.1. The molecule has 116 valence electrons. The fourth-order valence-electron chi connectivity index (χ4n) is 3.35. The van der Waals surface area contributed by atoms with Gasteiger partial charge >= 0.3 is 0 Å². The highest BCUT2D eigenvalue weighted by atomic mass is 16.5. The van der Waals surface area contributed by atoms with E-state index in [-0.39, 0.29) is 11.8 Å². The minimum atomic E-state index is -0.585. The molecular weight excluding hydrogens is 292 g/mol. The molecule has 2 heterocycles. The third-order valence-corrected chi connectivity index (χ3v) is 4.67. The molecule has 1 spiro atoms. The van der Waals surface area contributed by atoms with Crippen LogP contribution in [0, 0.1) is 0 Å². The van der Waals surface area contributed by atoms with E-state index in [1.54, 1.807) is 36.3 Å². The lowest BCUT2D eigenvalue weighted by molar-refractivity contribution is -0.125. The van der Waals surface area contributed by atoms with Gasteiger partial charge in [0.05, 0.1) is 7.11 Å². The molecule has 2 aromatic rings. The molecule has 2 aliphatic rings. The molecule has 2 amide bonds. The van der Waals surface area contributed by atoms with Crippen molar-refractivity contribution in [3.05, 3.63) is 59.7 Å². The predicted octanol–water partition coefficient (Wildman–Crippen LogP) is 2.04. The Morgan fingerprint density at radius 3 is 2.52 bits per heavy atom. The Balaban J connectivity index is 1.55. The number of hydrogen-bond acceptors (Lipinski definition) is 3. The van der Waals surface area contributed by atoms with Gasteiger partial charge in [0.1, 0.15) is 11.2 Å². The number of carbonyl (C=O) groups is 2. The summed E-state index contributed by atoms with van der Waals surface area (Å²) in [7, 11) is 1.59. The number of rotatable bonds is 2. The quantitative estimate of drug-likeness (QED) is 0.923. The fourth-order valence-corrected chi connectivity index (χ4v) is 3.35. The Morgan fingerprint density at radius 1 is 1.13 bits per heavy atom. The normalized spacial score (nSPS) is 17.4. The molecule has 2 aliphatic heterocycles. The lowest BCUT2D eigenvalue weighted by atomic mass is 9.74. The number of ether oxygens (including phenoxy) is 1. The number of carbonyl (C=O) groups excluding carboxylic acids is 2. The summed E-state index contributed by atoms with van der Waals surface area (Å²) in [5.74, 6) is 0.638. The number of amides is 2. The maximum Gasteiger partial charge on any atom is 0.253 e. The van der Waals surface area contributed by atoms with E-state index in [0.717, 1.165) is 11.3 Å². The Hall–Kier alpha value is -2.82. The van der Waals surface area contributed by atoms with Crippen LogP contribution in [0.3, 0.4) is 0 Å². The predicted molar refractivity (Wildman–Crippen MR) is 85.6 cm³/mol. The minimum Gasteiger partial charge on any atom is -0.497 e. The zero-order valence-electron chi connectivity index (χ0n) is 12.7. The van der Waals surface area contributed by atoms with Crippen LogP contribution in [0.15, 0.2) is 48.5 Å². The molecule has 0 saturated carbocycles. The van der Waals surface area contributed by atoms with E-state index in [1.807, 2.05) is 24.3 Å². The summed E-state index contributed by atoms with van der Waals surface area (Å²) >= 11 is 0. The lowest BCUT2D eigenvalue weighted by Gasteiger charge is -2.46. The highest BCUT2D eigenvalue weighted by molar-refractivity contribution is 6.09. The van der Waals surface area contributed by atoms with E-state index >= 15 is 0 Å². The molecular formula is C18H16N2O3. The molecule has 1 fully saturated rings. The molecule has 23 heavy (non-hydrogen) atoms. The van der Waals surface area contributed by atoms with Crippen LogP contribution in [-0.4, -0.2) is 36.9 Å². The summed E-state index contributed by atoms with van der Waals surface area (Å²) < 4.78 is 5.10. The maximum atomic E-state index is 12.5. The average molecular weight is 308 g/mol. The van der Waals surface area contributed by atoms with Crippen LogP contribution in [-0.2, 0) is 10.2 Å². The Labute approximate surface area is 133 Å². The smallest absolute Gasteiger partial charge is 0.253 e. The van der Waals surface area contributed by atoms with Gasteiger partial charge in [0.25, 0.3) is 5.91 Å². The first-order valence-electron chi connectivity index (χ1n) is 7.48. The first kappa shape index (κ1) is 13.8. The van der Waals surface area contributed by atoms with Gasteiger partial charge in [-0.1, -0.05) is 18.2 Å². The number of methoxy groups -OCH3 is 1. The molecule has 1 saturated heterocycles. The van der Waals surface area contributed by atoms with Crippen LogP contribution in [0.5, 0.6) is 5.75 Å². The van der Waals surface area contributed by atoms with E-state index in [9.17, 15) is 9.59 Å². The van der Waals surface area contributed by atoms with E-state index in [4.69, 9.17) is 4.74 Å². The minimum absolute atomic E-state index is 0.0162. The Bertz CT molecular complexity index is 792. The van der Waals surface area contributed by atoms with Crippen LogP contribution in [0.1, 0.15) is 15.9 Å². The van der Waals surface area contributed by atoms with E-state index in [1.165, 1.54) is 0 Å². The molecule has 5 heteroatoms. The monoisotopic (exact) mass is 308 g/mol. The van der Waals surface area contributed by atoms with E-state index in [0.29, 0.717) is 24.4 Å². The van der Waals surface area contributed by atoms with E-state index in [2.05, 4.69) is 5.32 Å². The summed E-state index contributed by atoms with van der Waals surface area (Å²) in [4.78, 5) is 26.6. The van der Waals surface area contributed by atoms with Crippen LogP contribution < -0.4 is 10.1 Å². The van der Waals surface area contributed by atoms with Crippen LogP contribution in [0.25, 0.3) is 0 Å². The summed E-state index contributed by atoms with van der Waals surface area (Å²) in [6.45, 7) is 0.835. The van der Waals surface area contributed by atoms with Gasteiger partial charge in [-0.15, -0.1) is 0 Å². The van der Waals surface area contributed by atoms with Crippen molar-refractivity contribution in [1.29, 1.82) is 0 Å². The fraction of sp³-hybridized carbons (Fsp3) is 0.222. The summed E-state index contributed by atoms with van der Waals surface area (Å²) in [6.07, 6.45) is 0. The molecule has 0 aromatic heterocycles. The number of para-hydroxylation sites is 1. The van der Waals surface area contributed by atoms with Gasteiger partial charge in [0, 0.05) is 24.3 Å². The third-order valence-electron chi connectivity index (χ3n) is 4.67. The second-order valence-electron chi connectivity index (χ2n) is 5.97. The maximum absolute atomic E-state index is 12.5. The second kappa shape index (κ2) is 4.84. The van der Waals surface area contributed by atoms with Crippen molar-refractivity contribution < 1.29 is 14.3 Å². The number of hydrogen-bond donors (Lipinski definition) is 1. The number of nitrogens with zero attached hydrogens (tertiary/aromatic N) is 1. The zero-order chi connectivity index (χ0) is 16.0. The number of likely N-dealkylation sites (tertiary alicyclic amines) is 1. The van der Waals surface area contributed by atoms with Gasteiger partial charge in [0.2, 0.25) is 5.91 Å². The molecule has 1 N–H and O–H groups in total. The molecule has 0 bridgehead atoms. The SMILES string of the molecule is COc1ccc(C(=O)N2CC3(C2)C(=O)Nc2ccccc23)cc1. The van der Waals surface area contributed by atoms with Crippen molar-refractivity contribution in [3.63, 3.8) is 0 Å². The summed E-state index contributed by atoms with van der Waals surface area (Å²) in [5.41, 5.74) is 1.86. The topological polar surface area (TPSA) is 58.6 Å². The molecule has 4 rings (SSSR count). The third kappa shape index (κ3) is 1.93. The largest absolute Gasteiger partial charge is 0.497 e. The van der Waals surface area contributed by atoms with Gasteiger partial charge in [0.15, 0.2) is 0 Å². The number of benzene rings is 2. The van der Waals surface area contributed by atoms with Gasteiger partial charge in [-0.05, 0) is 35.9 Å². The Morgan fingerprint density at radius 2 is 1.83 bits per heavy atom. The number of anilines is 1. The molecule has 0 aliphatic carbocycles. The first-order valence-corrected chi connectivity index (χ1v) is 7.48. The average Bonchev–Trinajstić information content (AvgIpc) is 2.85. The summed E-state index contributed by atoms with van der Waals surface area (Å²) in [6, 6.07) is 14.7. The zero-order valence-corrected chi connectivity index (χ0v) is 12.7. The van der Waals surface area contributed by atoms with Gasteiger partial charge in [-0.3, -0.25) is 9.59 Å². The Kier molecular flexibility index (Phi) is 2.91. The van der Waals surface area contributed by atoms with Crippen molar-refractivity contribution in [2.24, 2.45) is 0 Å². The van der Waals surface area contributed by atoms with Gasteiger partial charge in [-0.2, -0.15) is 0 Å². The molecule has 2 aromatic carbocycles. The standard InChI is InChI=1S/C18H16N2O3/c1-23-13-8-6-12(7-9-13)16(21)20-10-18(11-20)14-4-2-3-5-15(14)19-17(18)22/h2-9H,10-11H2,1H3,(H,19,22). The van der Waals surface area contributed by atoms with Crippen molar-refractivity contribution >= 4 is 17.5 Å². The highest BCUT2D eigenvalue weighted by Gasteiger charge is 2.56. The van der Waals surface area contributed by atoms with Crippen molar-refractivity contribution in [1.82, 2.24) is 4.90 Å². The van der Waals surface area contributed by atoms with Crippen LogP contribution >= 0.6 is 0 Å². The molecule has 0 unspecified atom stereocenters. The van der Waals surface area contributed by atoms with Crippen molar-refractivity contribution in [2.75, 3.05) is 25.5 Å². The van der Waals surface area contributed by atoms with Crippen LogP contribution in [0.2, 0.25) is 0 Å². The van der Waals surface area contributed by atoms with Crippen molar-refractivity contribution in [2.45, 2.75) is 5.41 Å². The van der Waals surface area contributed by atoms with Crippen molar-refractivity contribution in [3.8, 4) is 5.75 Å². The second-order valence-corrected chi connectivity index (χ2v) is 5.97. The highest BCUT2D eigenvalue weighted by Crippen LogP contribution is 2.44. The lowest BCUT2D eigenvalue weighted by Crippen LogP contribution is -2.64. The van der Waals surface area contributed by atoms with Gasteiger partial charge < -0.3 is 15.0 Å². The summed E-state index contributed by atoms with van der Waals surface area (Å²) in [5, 5.41) is 2.91. The number of fused-ring (bicyclic) bond motifs is 2. The van der Waals surface area contributed by atoms with E-state index < -0.39 is 5.41 Å². The number of nitrogens with one attached hydrogen (secondary N) is 1. The van der Waals surface area contributed by atoms with Crippen LogP contribution in [0.4, 0.5) is 5.69 Å². The van der Waals surface area contributed by atoms with Gasteiger partial charge in [-0.25, -0.2) is 0 Å². The molecule has 5 nitrogen and oxygen atoms in total.